The first-order valence-electron chi connectivity index (χ1n) is 6.98. The number of nitrogen functional groups attached to an aromatic ring is 1. The second-order valence-electron chi connectivity index (χ2n) is 4.66. The van der Waals surface area contributed by atoms with Crippen LogP contribution in [-0.2, 0) is 6.54 Å². The summed E-state index contributed by atoms with van der Waals surface area (Å²) in [5.41, 5.74) is 8.61. The Morgan fingerprint density at radius 1 is 1.24 bits per heavy atom. The second-order valence-corrected chi connectivity index (χ2v) is 4.66. The third-order valence-corrected chi connectivity index (χ3v) is 2.98. The van der Waals surface area contributed by atoms with Gasteiger partial charge in [0.05, 0.1) is 19.4 Å². The number of methoxy groups -OCH3 is 1. The summed E-state index contributed by atoms with van der Waals surface area (Å²) in [6, 6.07) is 9.55. The zero-order valence-corrected chi connectivity index (χ0v) is 12.4. The lowest BCUT2D eigenvalue weighted by Crippen LogP contribution is -2.03. The van der Waals surface area contributed by atoms with Crippen LogP contribution in [0.2, 0.25) is 0 Å². The number of anilines is 2. The summed E-state index contributed by atoms with van der Waals surface area (Å²) in [4.78, 5) is 4.09. The minimum absolute atomic E-state index is 0.610. The molecule has 0 atom stereocenters. The number of nitrogens with one attached hydrogen (secondary N) is 1. The standard InChI is InChI=1S/C16H21N3O2/c1-3-8-21-15-10-13(4-5-14(15)17)19-11-12-6-7-18-16(9-12)20-2/h4-7,9-10,19H,3,8,11,17H2,1-2H3. The van der Waals surface area contributed by atoms with Gasteiger partial charge in [-0.2, -0.15) is 0 Å². The smallest absolute Gasteiger partial charge is 0.213 e. The van der Waals surface area contributed by atoms with Gasteiger partial charge in [-0.05, 0) is 30.2 Å². The van der Waals surface area contributed by atoms with E-state index in [0.717, 1.165) is 17.7 Å². The van der Waals surface area contributed by atoms with Gasteiger partial charge in [-0.1, -0.05) is 6.92 Å². The molecule has 112 valence electrons. The van der Waals surface area contributed by atoms with E-state index in [9.17, 15) is 0 Å². The lowest BCUT2D eigenvalue weighted by Gasteiger charge is -2.12. The normalized spacial score (nSPS) is 10.2. The van der Waals surface area contributed by atoms with Crippen LogP contribution in [0.1, 0.15) is 18.9 Å². The zero-order chi connectivity index (χ0) is 15.1. The van der Waals surface area contributed by atoms with E-state index >= 15 is 0 Å². The topological polar surface area (TPSA) is 69.4 Å². The van der Waals surface area contributed by atoms with Gasteiger partial charge in [-0.15, -0.1) is 0 Å². The molecule has 1 aromatic carbocycles. The SMILES string of the molecule is CCCOc1cc(NCc2ccnc(OC)c2)ccc1N. The van der Waals surface area contributed by atoms with Crippen LogP contribution in [0.3, 0.4) is 0 Å². The molecule has 0 aliphatic carbocycles. The van der Waals surface area contributed by atoms with E-state index in [1.807, 2.05) is 30.3 Å². The average Bonchev–Trinajstić information content (AvgIpc) is 2.53. The van der Waals surface area contributed by atoms with E-state index in [-0.39, 0.29) is 0 Å². The van der Waals surface area contributed by atoms with Gasteiger partial charge in [0.2, 0.25) is 5.88 Å². The number of pyridine rings is 1. The Bertz CT molecular complexity index is 587. The van der Waals surface area contributed by atoms with Crippen LogP contribution >= 0.6 is 0 Å². The van der Waals surface area contributed by atoms with Crippen LogP contribution in [0.5, 0.6) is 11.6 Å². The fourth-order valence-electron chi connectivity index (χ4n) is 1.86. The highest BCUT2D eigenvalue weighted by molar-refractivity contribution is 5.61. The maximum Gasteiger partial charge on any atom is 0.213 e. The summed E-state index contributed by atoms with van der Waals surface area (Å²) in [5.74, 6) is 1.33. The predicted octanol–water partition coefficient (Wildman–Crippen LogP) is 3.07. The molecule has 0 aliphatic rings. The molecule has 2 rings (SSSR count). The average molecular weight is 287 g/mol. The molecule has 0 saturated carbocycles. The minimum Gasteiger partial charge on any atom is -0.491 e. The molecular formula is C16H21N3O2. The molecule has 1 aromatic heterocycles. The molecule has 0 bridgehead atoms. The van der Waals surface area contributed by atoms with Gasteiger partial charge in [0.15, 0.2) is 0 Å². The van der Waals surface area contributed by atoms with Crippen LogP contribution in [-0.4, -0.2) is 18.7 Å². The van der Waals surface area contributed by atoms with Crippen molar-refractivity contribution in [3.05, 3.63) is 42.1 Å². The van der Waals surface area contributed by atoms with Gasteiger partial charge in [0, 0.05) is 30.6 Å². The molecule has 0 amide bonds. The van der Waals surface area contributed by atoms with Crippen molar-refractivity contribution in [2.45, 2.75) is 19.9 Å². The lowest BCUT2D eigenvalue weighted by molar-refractivity contribution is 0.319. The van der Waals surface area contributed by atoms with Crippen LogP contribution in [0.15, 0.2) is 36.5 Å². The van der Waals surface area contributed by atoms with Gasteiger partial charge in [-0.25, -0.2) is 4.98 Å². The van der Waals surface area contributed by atoms with E-state index in [4.69, 9.17) is 15.2 Å². The van der Waals surface area contributed by atoms with E-state index in [0.29, 0.717) is 30.5 Å². The number of hydrogen-bond acceptors (Lipinski definition) is 5. The summed E-state index contributed by atoms with van der Waals surface area (Å²) in [5, 5.41) is 3.34. The van der Waals surface area contributed by atoms with Crippen molar-refractivity contribution < 1.29 is 9.47 Å². The Balaban J connectivity index is 2.02. The Morgan fingerprint density at radius 3 is 2.86 bits per heavy atom. The molecule has 21 heavy (non-hydrogen) atoms. The van der Waals surface area contributed by atoms with Crippen LogP contribution < -0.4 is 20.5 Å². The quantitative estimate of drug-likeness (QED) is 0.766. The molecule has 0 fully saturated rings. The Morgan fingerprint density at radius 2 is 2.10 bits per heavy atom. The Kier molecular flexibility index (Phi) is 5.26. The summed E-state index contributed by atoms with van der Waals surface area (Å²) < 4.78 is 10.7. The van der Waals surface area contributed by atoms with Crippen LogP contribution in [0.4, 0.5) is 11.4 Å². The van der Waals surface area contributed by atoms with Crippen molar-refractivity contribution in [2.75, 3.05) is 24.8 Å². The summed E-state index contributed by atoms with van der Waals surface area (Å²) in [6.07, 6.45) is 2.68. The van der Waals surface area contributed by atoms with Gasteiger partial charge < -0.3 is 20.5 Å². The Hall–Kier alpha value is -2.43. The lowest BCUT2D eigenvalue weighted by atomic mass is 10.2. The van der Waals surface area contributed by atoms with Gasteiger partial charge in [-0.3, -0.25) is 0 Å². The molecule has 2 aromatic rings. The summed E-state index contributed by atoms with van der Waals surface area (Å²) in [7, 11) is 1.61. The number of nitrogens with zero attached hydrogens (tertiary/aromatic N) is 1. The van der Waals surface area contributed by atoms with Crippen molar-refractivity contribution in [2.24, 2.45) is 0 Å². The fourth-order valence-corrected chi connectivity index (χ4v) is 1.86. The predicted molar refractivity (Wildman–Crippen MR) is 84.8 cm³/mol. The number of aromatic nitrogens is 1. The van der Waals surface area contributed by atoms with E-state index < -0.39 is 0 Å². The van der Waals surface area contributed by atoms with Crippen molar-refractivity contribution in [3.63, 3.8) is 0 Å². The van der Waals surface area contributed by atoms with Gasteiger partial charge in [0.25, 0.3) is 0 Å². The summed E-state index contributed by atoms with van der Waals surface area (Å²) in [6.45, 7) is 3.40. The van der Waals surface area contributed by atoms with Crippen LogP contribution in [0.25, 0.3) is 0 Å². The van der Waals surface area contributed by atoms with Crippen LogP contribution in [0, 0.1) is 0 Å². The highest BCUT2D eigenvalue weighted by Gasteiger charge is 2.03. The largest absolute Gasteiger partial charge is 0.491 e. The minimum atomic E-state index is 0.610. The molecule has 0 unspecified atom stereocenters. The van der Waals surface area contributed by atoms with E-state index in [1.54, 1.807) is 13.3 Å². The van der Waals surface area contributed by atoms with Crippen molar-refractivity contribution >= 4 is 11.4 Å². The monoisotopic (exact) mass is 287 g/mol. The first kappa shape index (κ1) is 15.0. The van der Waals surface area contributed by atoms with Gasteiger partial charge in [0.1, 0.15) is 5.75 Å². The Labute approximate surface area is 125 Å². The fraction of sp³-hybridized carbons (Fsp3) is 0.312. The molecule has 5 nitrogen and oxygen atoms in total. The van der Waals surface area contributed by atoms with Crippen molar-refractivity contribution in [1.82, 2.24) is 4.98 Å². The molecule has 3 N–H and O–H groups in total. The number of ether oxygens (including phenoxy) is 2. The molecule has 0 radical (unpaired) electrons. The molecule has 5 heteroatoms. The highest BCUT2D eigenvalue weighted by atomic mass is 16.5. The third kappa shape index (κ3) is 4.27. The number of hydrogen-bond donors (Lipinski definition) is 2. The van der Waals surface area contributed by atoms with Crippen molar-refractivity contribution in [3.8, 4) is 11.6 Å². The van der Waals surface area contributed by atoms with Gasteiger partial charge >= 0.3 is 0 Å². The van der Waals surface area contributed by atoms with E-state index in [2.05, 4.69) is 17.2 Å². The molecule has 1 heterocycles. The number of nitrogens with two attached hydrogens (primary N) is 1. The molecule has 0 aliphatic heterocycles. The first-order chi connectivity index (χ1) is 10.2. The number of rotatable bonds is 7. The third-order valence-electron chi connectivity index (χ3n) is 2.98. The molecule has 0 spiro atoms. The zero-order valence-electron chi connectivity index (χ0n) is 12.4. The maximum atomic E-state index is 5.90. The van der Waals surface area contributed by atoms with E-state index in [1.165, 1.54) is 0 Å². The second kappa shape index (κ2) is 7.38. The first-order valence-corrected chi connectivity index (χ1v) is 6.98. The molecular weight excluding hydrogens is 266 g/mol. The maximum absolute atomic E-state index is 5.90. The highest BCUT2D eigenvalue weighted by Crippen LogP contribution is 2.26. The number of benzene rings is 1. The summed E-state index contributed by atoms with van der Waals surface area (Å²) >= 11 is 0. The molecule has 0 saturated heterocycles. The van der Waals surface area contributed by atoms with Crippen molar-refractivity contribution in [1.29, 1.82) is 0 Å².